The van der Waals surface area contributed by atoms with E-state index in [4.69, 9.17) is 0 Å². The zero-order valence-corrected chi connectivity index (χ0v) is 19.9. The summed E-state index contributed by atoms with van der Waals surface area (Å²) in [6, 6.07) is 9.01. The van der Waals surface area contributed by atoms with Gasteiger partial charge in [-0.3, -0.25) is 0 Å². The van der Waals surface area contributed by atoms with Crippen molar-refractivity contribution >= 4 is 23.9 Å². The molecule has 2 heterocycles. The molecule has 2 heteroatoms. The van der Waals surface area contributed by atoms with Crippen molar-refractivity contribution < 1.29 is 0 Å². The molecular formula is C31H29NS. The van der Waals surface area contributed by atoms with Gasteiger partial charge in [-0.1, -0.05) is 66.3 Å². The first-order valence-corrected chi connectivity index (χ1v) is 13.3. The highest BCUT2D eigenvalue weighted by atomic mass is 32.2. The number of hydrogen-bond acceptors (Lipinski definition) is 1. The van der Waals surface area contributed by atoms with Gasteiger partial charge >= 0.3 is 0 Å². The molecule has 4 unspecified atom stereocenters. The summed E-state index contributed by atoms with van der Waals surface area (Å²) in [7, 11) is 0. The van der Waals surface area contributed by atoms with E-state index in [9.17, 15) is 0 Å². The van der Waals surface area contributed by atoms with Crippen LogP contribution in [-0.2, 0) is 12.8 Å². The van der Waals surface area contributed by atoms with Crippen molar-refractivity contribution in [2.75, 3.05) is 0 Å². The van der Waals surface area contributed by atoms with E-state index in [1.807, 2.05) is 0 Å². The van der Waals surface area contributed by atoms with Crippen molar-refractivity contribution in [1.29, 1.82) is 0 Å². The second-order valence-corrected chi connectivity index (χ2v) is 11.2. The smallest absolute Gasteiger partial charge is 0.0494 e. The van der Waals surface area contributed by atoms with E-state index >= 15 is 0 Å². The number of rotatable bonds is 2. The molecule has 0 saturated carbocycles. The van der Waals surface area contributed by atoms with Crippen LogP contribution in [0.5, 0.6) is 0 Å². The molecule has 1 saturated heterocycles. The molecule has 0 bridgehead atoms. The van der Waals surface area contributed by atoms with E-state index in [1.54, 1.807) is 21.6 Å². The standard InChI is InChI=1S/C31H29NS/c1-20-13-16-22(17-14-20)32-28-11-4-2-7-24(28)27-19-21(15-18-29(27)32)23-9-6-10-26-25-8-3-5-12-30(25)33-31(23)26/h3-6,8-9,11-18,21,25-26,30H,2,7,10,19H2,1H3. The fourth-order valence-corrected chi connectivity index (χ4v) is 8.12. The van der Waals surface area contributed by atoms with Gasteiger partial charge in [-0.25, -0.2) is 0 Å². The fourth-order valence-electron chi connectivity index (χ4n) is 6.44. The largest absolute Gasteiger partial charge is 0.310 e. The summed E-state index contributed by atoms with van der Waals surface area (Å²) in [4.78, 5) is 1.66. The van der Waals surface area contributed by atoms with E-state index < -0.39 is 0 Å². The lowest BCUT2D eigenvalue weighted by atomic mass is 9.77. The minimum atomic E-state index is 0.482. The molecule has 1 nitrogen and oxygen atoms in total. The van der Waals surface area contributed by atoms with Crippen molar-refractivity contribution in [3.63, 3.8) is 0 Å². The third-order valence-electron chi connectivity index (χ3n) is 8.06. The number of hydrogen-bond donors (Lipinski definition) is 0. The molecule has 0 radical (unpaired) electrons. The van der Waals surface area contributed by atoms with Gasteiger partial charge in [-0.2, -0.15) is 0 Å². The van der Waals surface area contributed by atoms with Crippen molar-refractivity contribution in [2.45, 2.75) is 37.9 Å². The van der Waals surface area contributed by atoms with Crippen LogP contribution in [0, 0.1) is 24.7 Å². The van der Waals surface area contributed by atoms with Crippen LogP contribution < -0.4 is 0 Å². The monoisotopic (exact) mass is 447 g/mol. The van der Waals surface area contributed by atoms with Gasteiger partial charge in [0.25, 0.3) is 0 Å². The van der Waals surface area contributed by atoms with Crippen molar-refractivity contribution in [3.05, 3.63) is 111 Å². The molecule has 1 aromatic carbocycles. The minimum absolute atomic E-state index is 0.482. The quantitative estimate of drug-likeness (QED) is 0.458. The maximum atomic E-state index is 2.50. The molecule has 1 aromatic heterocycles. The number of allylic oxidation sites excluding steroid dienone is 9. The molecule has 0 N–H and O–H groups in total. The average Bonchev–Trinajstić information content (AvgIpc) is 3.40. The predicted molar refractivity (Wildman–Crippen MR) is 142 cm³/mol. The number of fused-ring (bicyclic) bond motifs is 6. The lowest BCUT2D eigenvalue weighted by Crippen LogP contribution is -2.19. The highest BCUT2D eigenvalue weighted by Gasteiger charge is 2.41. The third-order valence-corrected chi connectivity index (χ3v) is 9.60. The van der Waals surface area contributed by atoms with Crippen LogP contribution in [0.25, 0.3) is 17.8 Å². The first kappa shape index (κ1) is 19.7. The first-order chi connectivity index (χ1) is 16.3. The summed E-state index contributed by atoms with van der Waals surface area (Å²) in [5, 5.41) is 0.619. The zero-order chi connectivity index (χ0) is 21.9. The Hall–Kier alpha value is -2.71. The lowest BCUT2D eigenvalue weighted by Gasteiger charge is -2.27. The summed E-state index contributed by atoms with van der Waals surface area (Å²) in [6.45, 7) is 2.16. The van der Waals surface area contributed by atoms with Gasteiger partial charge in [0, 0.05) is 40.1 Å². The Morgan fingerprint density at radius 2 is 1.73 bits per heavy atom. The molecule has 0 amide bonds. The van der Waals surface area contributed by atoms with E-state index in [1.165, 1.54) is 29.1 Å². The molecule has 5 aliphatic rings. The van der Waals surface area contributed by atoms with Crippen molar-refractivity contribution in [1.82, 2.24) is 4.57 Å². The number of thioether (sulfide) groups is 1. The van der Waals surface area contributed by atoms with Crippen molar-refractivity contribution in [2.24, 2.45) is 17.8 Å². The Kier molecular flexibility index (Phi) is 4.59. The molecule has 1 aliphatic heterocycles. The molecule has 4 aliphatic carbocycles. The molecule has 0 spiro atoms. The van der Waals surface area contributed by atoms with E-state index in [0.717, 1.165) is 19.3 Å². The summed E-state index contributed by atoms with van der Waals surface area (Å²) in [5.74, 6) is 1.82. The zero-order valence-electron chi connectivity index (χ0n) is 19.1. The maximum absolute atomic E-state index is 2.50. The molecule has 164 valence electrons. The minimum Gasteiger partial charge on any atom is -0.310 e. The maximum Gasteiger partial charge on any atom is 0.0494 e. The van der Waals surface area contributed by atoms with Crippen LogP contribution in [0.15, 0.2) is 83.4 Å². The number of aryl methyl sites for hydroxylation is 1. The highest BCUT2D eigenvalue weighted by molar-refractivity contribution is 8.04. The fraction of sp³-hybridized carbons (Fsp3) is 0.290. The van der Waals surface area contributed by atoms with Crippen LogP contribution in [0.2, 0.25) is 0 Å². The summed E-state index contributed by atoms with van der Waals surface area (Å²) in [5.41, 5.74) is 10.1. The number of aromatic nitrogens is 1. The van der Waals surface area contributed by atoms with Crippen molar-refractivity contribution in [3.8, 4) is 5.69 Å². The Balaban J connectivity index is 1.31. The summed E-state index contributed by atoms with van der Waals surface area (Å²) >= 11 is 2.13. The summed E-state index contributed by atoms with van der Waals surface area (Å²) in [6.07, 6.45) is 28.5. The van der Waals surface area contributed by atoms with Crippen LogP contribution in [0.3, 0.4) is 0 Å². The second-order valence-electron chi connectivity index (χ2n) is 10.0. The number of nitrogens with zero attached hydrogens (tertiary/aromatic N) is 1. The van der Waals surface area contributed by atoms with E-state index in [2.05, 4.69) is 108 Å². The molecule has 1 fully saturated rings. The molecule has 7 rings (SSSR count). The van der Waals surface area contributed by atoms with Gasteiger partial charge in [-0.05, 0) is 78.5 Å². The number of benzene rings is 1. The average molecular weight is 448 g/mol. The Morgan fingerprint density at radius 1 is 0.879 bits per heavy atom. The van der Waals surface area contributed by atoms with Crippen LogP contribution in [0.4, 0.5) is 0 Å². The SMILES string of the molecule is Cc1ccc(-n2c3c(c4c2C=CC(C2=C5SC6C=CC=CC6C5CC=C2)C4)CCC=C3)cc1. The third kappa shape index (κ3) is 3.07. The molecule has 33 heavy (non-hydrogen) atoms. The van der Waals surface area contributed by atoms with Gasteiger partial charge in [0.15, 0.2) is 0 Å². The Morgan fingerprint density at radius 3 is 2.64 bits per heavy atom. The van der Waals surface area contributed by atoms with Gasteiger partial charge in [0.1, 0.15) is 0 Å². The second kappa shape index (κ2) is 7.67. The van der Waals surface area contributed by atoms with Gasteiger partial charge in [0.2, 0.25) is 0 Å². The van der Waals surface area contributed by atoms with Gasteiger partial charge < -0.3 is 4.57 Å². The van der Waals surface area contributed by atoms with E-state index in [0.29, 0.717) is 23.0 Å². The Bertz CT molecular complexity index is 1310. The van der Waals surface area contributed by atoms with Gasteiger partial charge in [-0.15, -0.1) is 11.8 Å². The van der Waals surface area contributed by atoms with Crippen LogP contribution >= 0.6 is 11.8 Å². The lowest BCUT2D eigenvalue weighted by molar-refractivity contribution is 0.492. The van der Waals surface area contributed by atoms with Gasteiger partial charge in [0.05, 0.1) is 0 Å². The predicted octanol–water partition coefficient (Wildman–Crippen LogP) is 7.62. The van der Waals surface area contributed by atoms with E-state index in [-0.39, 0.29) is 0 Å². The first-order valence-electron chi connectivity index (χ1n) is 12.4. The Labute approximate surface area is 201 Å². The highest BCUT2D eigenvalue weighted by Crippen LogP contribution is 2.54. The molecular weight excluding hydrogens is 418 g/mol. The summed E-state index contributed by atoms with van der Waals surface area (Å²) < 4.78 is 2.50. The van der Waals surface area contributed by atoms with Crippen LogP contribution in [-0.4, -0.2) is 9.82 Å². The normalized spacial score (nSPS) is 28.6. The molecule has 4 atom stereocenters. The topological polar surface area (TPSA) is 4.93 Å². The van der Waals surface area contributed by atoms with Crippen LogP contribution in [0.1, 0.15) is 40.9 Å². The molecule has 2 aromatic rings.